The fourth-order valence-electron chi connectivity index (χ4n) is 5.60. The summed E-state index contributed by atoms with van der Waals surface area (Å²) in [4.78, 5) is 42.4. The number of allylic oxidation sites excluding steroid dienone is 12. The second kappa shape index (κ2) is 12.4. The van der Waals surface area contributed by atoms with Crippen LogP contribution in [0, 0.1) is 0 Å². The zero-order valence-corrected chi connectivity index (χ0v) is 25.6. The van der Waals surface area contributed by atoms with Gasteiger partial charge in [-0.25, -0.2) is 20.0 Å². The number of hydrogen-bond donors (Lipinski definition) is 0. The van der Waals surface area contributed by atoms with Crippen molar-refractivity contribution in [2.75, 3.05) is 0 Å². The largest absolute Gasteiger partial charge is 2.00 e. The van der Waals surface area contributed by atoms with Crippen molar-refractivity contribution in [3.8, 4) is 0 Å². The minimum Gasteiger partial charge on any atom is -0.550 e. The third-order valence-electron chi connectivity index (χ3n) is 8.04. The Morgan fingerprint density at radius 2 is 1.00 bits per heavy atom. The summed E-state index contributed by atoms with van der Waals surface area (Å²) in [5.41, 5.74) is 12.2. The molecule has 5 aliphatic heterocycles. The van der Waals surface area contributed by atoms with Crippen LogP contribution in [0.5, 0.6) is 0 Å². The van der Waals surface area contributed by atoms with E-state index in [0.29, 0.717) is 28.5 Å². The summed E-state index contributed by atoms with van der Waals surface area (Å²) in [5.74, 6) is -2.31. The number of carboxylic acid groups (broad SMARTS) is 2. The number of fused-ring (bicyclic) bond motifs is 4. The van der Waals surface area contributed by atoms with Crippen molar-refractivity contribution in [1.29, 1.82) is 0 Å². The van der Waals surface area contributed by atoms with Gasteiger partial charge in [-0.3, -0.25) is 0 Å². The van der Waals surface area contributed by atoms with E-state index in [2.05, 4.69) is 13.2 Å². The van der Waals surface area contributed by atoms with Crippen LogP contribution in [0.2, 0.25) is 0 Å². The molecule has 43 heavy (non-hydrogen) atoms. The number of aliphatic imine (C=N–C) groups is 4. The SMILES string of the molecule is C=CC1=C(C)C2=NC1=CC1=NC(=CC3=NC(=CC4=NC(=C2)C(C)=C4CCC(=O)[O-])C(CCC(=O)[O-])=C3C)C(C=C)=C1C.[Fe+2]. The Labute approximate surface area is 261 Å². The van der Waals surface area contributed by atoms with Gasteiger partial charge in [-0.2, -0.15) is 0 Å². The zero-order chi connectivity index (χ0) is 30.3. The number of hydrogen-bond acceptors (Lipinski definition) is 8. The van der Waals surface area contributed by atoms with Crippen LogP contribution in [0.4, 0.5) is 0 Å². The average molecular weight is 614 g/mol. The van der Waals surface area contributed by atoms with E-state index in [1.165, 1.54) is 0 Å². The van der Waals surface area contributed by atoms with E-state index in [1.807, 2.05) is 45.9 Å². The van der Waals surface area contributed by atoms with Gasteiger partial charge < -0.3 is 19.8 Å². The van der Waals surface area contributed by atoms with Gasteiger partial charge >= 0.3 is 17.1 Å². The summed E-state index contributed by atoms with van der Waals surface area (Å²) in [6.07, 6.45) is 11.2. The molecule has 0 fully saturated rings. The smallest absolute Gasteiger partial charge is 0.550 e. The number of carboxylic acids is 2. The Morgan fingerprint density at radius 1 is 0.605 bits per heavy atom. The van der Waals surface area contributed by atoms with Crippen molar-refractivity contribution in [2.24, 2.45) is 20.0 Å². The molecule has 5 aliphatic rings. The molecule has 0 aromatic carbocycles. The zero-order valence-electron chi connectivity index (χ0n) is 24.5. The summed E-state index contributed by atoms with van der Waals surface area (Å²) < 4.78 is 0. The summed E-state index contributed by atoms with van der Waals surface area (Å²) in [6, 6.07) is 0. The van der Waals surface area contributed by atoms with Gasteiger partial charge in [0, 0.05) is 23.1 Å². The second-order valence-corrected chi connectivity index (χ2v) is 10.5. The normalized spacial score (nSPS) is 19.3. The molecular weight excluding hydrogens is 584 g/mol. The summed E-state index contributed by atoms with van der Waals surface area (Å²) in [6.45, 7) is 15.8. The Bertz CT molecular complexity index is 1780. The van der Waals surface area contributed by atoms with Crippen LogP contribution in [-0.2, 0) is 26.7 Å². The van der Waals surface area contributed by atoms with Gasteiger partial charge in [0.1, 0.15) is 0 Å². The molecule has 0 aromatic heterocycles. The van der Waals surface area contributed by atoms with E-state index in [-0.39, 0.29) is 42.8 Å². The first-order valence-electron chi connectivity index (χ1n) is 13.7. The molecule has 0 atom stereocenters. The molecule has 0 amide bonds. The Morgan fingerprint density at radius 3 is 1.49 bits per heavy atom. The van der Waals surface area contributed by atoms with Crippen LogP contribution in [0.1, 0.15) is 53.4 Å². The monoisotopic (exact) mass is 614 g/mol. The van der Waals surface area contributed by atoms with Gasteiger partial charge in [0.15, 0.2) is 0 Å². The molecule has 0 radical (unpaired) electrons. The van der Waals surface area contributed by atoms with Gasteiger partial charge in [-0.1, -0.05) is 25.3 Å². The molecule has 218 valence electrons. The third kappa shape index (κ3) is 5.91. The van der Waals surface area contributed by atoms with E-state index in [1.54, 1.807) is 18.2 Å². The molecule has 0 saturated carbocycles. The van der Waals surface area contributed by atoms with E-state index in [9.17, 15) is 19.8 Å². The maximum Gasteiger partial charge on any atom is 2.00 e. The van der Waals surface area contributed by atoms with Crippen molar-refractivity contribution < 1.29 is 36.9 Å². The summed E-state index contributed by atoms with van der Waals surface area (Å²) >= 11 is 0. The summed E-state index contributed by atoms with van der Waals surface area (Å²) in [5, 5.41) is 22.8. The first kappa shape index (κ1) is 31.5. The van der Waals surface area contributed by atoms with Gasteiger partial charge in [0.05, 0.1) is 45.6 Å². The molecule has 5 heterocycles. The standard InChI is InChI=1S/C34H32N4O4.Fe/c1-7-21-17(3)25-13-26-19(5)23(9-11-33(39)40)31(37-26)16-32-24(10-12-34(41)42)20(6)28(38-32)15-30-22(8-2)18(4)27(36-30)14-29(21)35-25;/h7-8,13-16H,1-2,9-12H2,3-6H3,(H,39,40)(H,41,42);/q;+2/p-2. The molecule has 0 aliphatic carbocycles. The Hall–Kier alpha value is -4.46. The van der Waals surface area contributed by atoms with E-state index < -0.39 is 11.9 Å². The first-order chi connectivity index (χ1) is 20.0. The van der Waals surface area contributed by atoms with Crippen LogP contribution < -0.4 is 10.2 Å². The Balaban J connectivity index is 0.00000423. The van der Waals surface area contributed by atoms with Crippen molar-refractivity contribution in [1.82, 2.24) is 0 Å². The quantitative estimate of drug-likeness (QED) is 0.382. The maximum absolute atomic E-state index is 11.4. The van der Waals surface area contributed by atoms with Crippen molar-refractivity contribution in [2.45, 2.75) is 53.4 Å². The number of rotatable bonds is 8. The molecule has 0 unspecified atom stereocenters. The minimum absolute atomic E-state index is 0. The molecule has 9 heteroatoms. The molecule has 0 spiro atoms. The molecule has 8 nitrogen and oxygen atoms in total. The molecule has 5 rings (SSSR count). The molecule has 0 saturated heterocycles. The Kier molecular flexibility index (Phi) is 9.09. The van der Waals surface area contributed by atoms with Crippen molar-refractivity contribution in [3.05, 3.63) is 117 Å². The van der Waals surface area contributed by atoms with E-state index in [4.69, 9.17) is 20.0 Å². The van der Waals surface area contributed by atoms with Crippen LogP contribution in [-0.4, -0.2) is 34.8 Å². The number of carbonyl (C=O) groups excluding carboxylic acids is 2. The number of carbonyl (C=O) groups is 2. The van der Waals surface area contributed by atoms with Crippen LogP contribution in [0.15, 0.2) is 137 Å². The van der Waals surface area contributed by atoms with Crippen LogP contribution >= 0.6 is 0 Å². The van der Waals surface area contributed by atoms with Crippen LogP contribution in [0.3, 0.4) is 0 Å². The first-order valence-corrected chi connectivity index (χ1v) is 13.7. The maximum atomic E-state index is 11.4. The second-order valence-electron chi connectivity index (χ2n) is 10.5. The molecule has 0 N–H and O–H groups in total. The predicted molar refractivity (Wildman–Crippen MR) is 162 cm³/mol. The minimum atomic E-state index is -1.16. The third-order valence-corrected chi connectivity index (χ3v) is 8.04. The average Bonchev–Trinajstić information content (AvgIpc) is 3.59. The number of nitrogens with zero attached hydrogens (tertiary/aromatic N) is 4. The van der Waals surface area contributed by atoms with Gasteiger partial charge in [0.2, 0.25) is 0 Å². The number of aliphatic carboxylic acids is 2. The fourth-order valence-corrected chi connectivity index (χ4v) is 5.60. The molecule has 8 bridgehead atoms. The van der Waals surface area contributed by atoms with E-state index in [0.717, 1.165) is 61.7 Å². The van der Waals surface area contributed by atoms with Crippen molar-refractivity contribution in [3.63, 3.8) is 0 Å². The molecular formula is C34H30FeN4O4. The summed E-state index contributed by atoms with van der Waals surface area (Å²) in [7, 11) is 0. The van der Waals surface area contributed by atoms with E-state index >= 15 is 0 Å². The predicted octanol–water partition coefficient (Wildman–Crippen LogP) is 4.05. The van der Waals surface area contributed by atoms with Gasteiger partial charge in [0.25, 0.3) is 0 Å². The van der Waals surface area contributed by atoms with Gasteiger partial charge in [-0.05, 0) is 111 Å². The van der Waals surface area contributed by atoms with Crippen LogP contribution in [0.25, 0.3) is 0 Å². The molecule has 0 aromatic rings. The van der Waals surface area contributed by atoms with Crippen molar-refractivity contribution >= 4 is 34.8 Å². The fraction of sp³-hybridized carbons (Fsp3) is 0.235. The van der Waals surface area contributed by atoms with Gasteiger partial charge in [-0.15, -0.1) is 0 Å². The topological polar surface area (TPSA) is 130 Å².